The Morgan fingerprint density at radius 1 is 1.38 bits per heavy atom. The van der Waals surface area contributed by atoms with Crippen LogP contribution in [0.25, 0.3) is 11.1 Å². The molecule has 5 nitrogen and oxygen atoms in total. The number of nitrogens with zero attached hydrogens (tertiary/aromatic N) is 2. The van der Waals surface area contributed by atoms with E-state index in [-0.39, 0.29) is 16.6 Å². The van der Waals surface area contributed by atoms with Gasteiger partial charge in [-0.1, -0.05) is 20.8 Å². The molecule has 0 spiro atoms. The maximum absolute atomic E-state index is 10.9. The molecule has 0 saturated heterocycles. The first-order valence-electron chi connectivity index (χ1n) is 4.88. The number of aromatic carboxylic acids is 1. The molecule has 0 atom stereocenters. The van der Waals surface area contributed by atoms with Gasteiger partial charge in [0.05, 0.1) is 6.20 Å². The van der Waals surface area contributed by atoms with E-state index in [4.69, 9.17) is 9.52 Å². The highest BCUT2D eigenvalue weighted by Gasteiger charge is 2.23. The summed E-state index contributed by atoms with van der Waals surface area (Å²) in [4.78, 5) is 19.0. The van der Waals surface area contributed by atoms with Crippen LogP contribution in [0, 0.1) is 0 Å². The molecular formula is C11H12N2O3. The minimum atomic E-state index is -1.06. The number of rotatable bonds is 1. The van der Waals surface area contributed by atoms with Crippen molar-refractivity contribution in [3.63, 3.8) is 0 Å². The van der Waals surface area contributed by atoms with Crippen LogP contribution in [-0.4, -0.2) is 21.0 Å². The van der Waals surface area contributed by atoms with Crippen LogP contribution < -0.4 is 0 Å². The molecule has 0 fully saturated rings. The van der Waals surface area contributed by atoms with Gasteiger partial charge < -0.3 is 9.52 Å². The van der Waals surface area contributed by atoms with Gasteiger partial charge in [0.2, 0.25) is 5.89 Å². The van der Waals surface area contributed by atoms with E-state index in [0.29, 0.717) is 11.4 Å². The number of hydrogen-bond acceptors (Lipinski definition) is 4. The molecule has 5 heteroatoms. The molecule has 0 aliphatic heterocycles. The summed E-state index contributed by atoms with van der Waals surface area (Å²) < 4.78 is 5.49. The lowest BCUT2D eigenvalue weighted by atomic mass is 9.97. The van der Waals surface area contributed by atoms with E-state index < -0.39 is 5.97 Å². The predicted molar refractivity (Wildman–Crippen MR) is 57.5 cm³/mol. The Kier molecular flexibility index (Phi) is 2.18. The Morgan fingerprint density at radius 2 is 2.06 bits per heavy atom. The van der Waals surface area contributed by atoms with Gasteiger partial charge in [0.1, 0.15) is 11.1 Å². The van der Waals surface area contributed by atoms with Gasteiger partial charge in [0, 0.05) is 11.6 Å². The average molecular weight is 220 g/mol. The first-order valence-corrected chi connectivity index (χ1v) is 4.88. The fraction of sp³-hybridized carbons (Fsp3) is 0.364. The second-order valence-corrected chi connectivity index (χ2v) is 4.61. The molecule has 0 bridgehead atoms. The smallest absolute Gasteiger partial charge is 0.341 e. The van der Waals surface area contributed by atoms with Crippen molar-refractivity contribution < 1.29 is 14.3 Å². The third-order valence-corrected chi connectivity index (χ3v) is 2.17. The zero-order valence-electron chi connectivity index (χ0n) is 9.31. The van der Waals surface area contributed by atoms with E-state index in [9.17, 15) is 4.79 Å². The van der Waals surface area contributed by atoms with E-state index >= 15 is 0 Å². The second kappa shape index (κ2) is 3.30. The molecule has 2 aromatic heterocycles. The number of oxazole rings is 1. The zero-order chi connectivity index (χ0) is 11.9. The third-order valence-electron chi connectivity index (χ3n) is 2.17. The lowest BCUT2D eigenvalue weighted by Gasteiger charge is -2.11. The Bertz CT molecular complexity index is 552. The number of pyridine rings is 1. The van der Waals surface area contributed by atoms with Gasteiger partial charge in [-0.3, -0.25) is 4.98 Å². The number of hydrogen-bond donors (Lipinski definition) is 1. The molecule has 0 amide bonds. The number of fused-ring (bicyclic) bond motifs is 1. The van der Waals surface area contributed by atoms with Crippen molar-refractivity contribution in [2.45, 2.75) is 26.2 Å². The van der Waals surface area contributed by atoms with Gasteiger partial charge in [-0.15, -0.1) is 0 Å². The number of aromatic nitrogens is 2. The first-order chi connectivity index (χ1) is 7.39. The summed E-state index contributed by atoms with van der Waals surface area (Å²) >= 11 is 0. The van der Waals surface area contributed by atoms with Crippen LogP contribution in [0.1, 0.15) is 37.0 Å². The Labute approximate surface area is 92.1 Å². The Balaban J connectivity index is 2.71. The largest absolute Gasteiger partial charge is 0.477 e. The zero-order valence-corrected chi connectivity index (χ0v) is 9.31. The molecule has 0 aromatic carbocycles. The average Bonchev–Trinajstić information content (AvgIpc) is 2.59. The highest BCUT2D eigenvalue weighted by molar-refractivity contribution is 5.99. The van der Waals surface area contributed by atoms with Gasteiger partial charge in [-0.05, 0) is 0 Å². The van der Waals surface area contributed by atoms with Crippen LogP contribution in [0.15, 0.2) is 16.8 Å². The summed E-state index contributed by atoms with van der Waals surface area (Å²) in [5.74, 6) is -0.548. The van der Waals surface area contributed by atoms with E-state index in [1.807, 2.05) is 20.8 Å². The molecule has 0 aliphatic carbocycles. The monoisotopic (exact) mass is 220 g/mol. The normalized spacial score (nSPS) is 11.9. The minimum absolute atomic E-state index is 0.0421. The second-order valence-electron chi connectivity index (χ2n) is 4.61. The maximum atomic E-state index is 10.9. The summed E-state index contributed by atoms with van der Waals surface area (Å²) in [5, 5.41) is 8.97. The number of carboxylic acid groups (broad SMARTS) is 1. The van der Waals surface area contributed by atoms with Crippen molar-refractivity contribution in [1.82, 2.24) is 9.97 Å². The quantitative estimate of drug-likeness (QED) is 0.797. The summed E-state index contributed by atoms with van der Waals surface area (Å²) in [6, 6.07) is 0. The summed E-state index contributed by atoms with van der Waals surface area (Å²) in [7, 11) is 0. The van der Waals surface area contributed by atoms with E-state index in [1.165, 1.54) is 12.4 Å². The lowest BCUT2D eigenvalue weighted by molar-refractivity contribution is 0.0697. The molecule has 16 heavy (non-hydrogen) atoms. The van der Waals surface area contributed by atoms with Gasteiger partial charge in [-0.25, -0.2) is 9.78 Å². The third kappa shape index (κ3) is 1.64. The first kappa shape index (κ1) is 10.6. The molecule has 2 rings (SSSR count). The summed E-state index contributed by atoms with van der Waals surface area (Å²) in [6.07, 6.45) is 2.77. The maximum Gasteiger partial charge on any atom is 0.341 e. The molecule has 0 aliphatic rings. The topological polar surface area (TPSA) is 76.2 Å². The highest BCUT2D eigenvalue weighted by atomic mass is 16.4. The van der Waals surface area contributed by atoms with Crippen LogP contribution in [0.4, 0.5) is 0 Å². The molecule has 0 saturated carbocycles. The van der Waals surface area contributed by atoms with Crippen LogP contribution in [0.5, 0.6) is 0 Å². The lowest BCUT2D eigenvalue weighted by Crippen LogP contribution is -2.10. The van der Waals surface area contributed by atoms with Crippen LogP contribution in [0.2, 0.25) is 0 Å². The van der Waals surface area contributed by atoms with E-state index in [0.717, 1.165) is 0 Å². The minimum Gasteiger partial charge on any atom is -0.477 e. The number of carboxylic acids is 1. The predicted octanol–water partition coefficient (Wildman–Crippen LogP) is 2.22. The summed E-state index contributed by atoms with van der Waals surface area (Å²) in [5.41, 5.74) is 0.548. The van der Waals surface area contributed by atoms with Crippen LogP contribution in [-0.2, 0) is 5.41 Å². The van der Waals surface area contributed by atoms with Crippen LogP contribution >= 0.6 is 0 Å². The van der Waals surface area contributed by atoms with Gasteiger partial charge in [0.25, 0.3) is 0 Å². The summed E-state index contributed by atoms with van der Waals surface area (Å²) in [6.45, 7) is 5.85. The molecule has 2 heterocycles. The fourth-order valence-corrected chi connectivity index (χ4v) is 1.33. The molecular weight excluding hydrogens is 208 g/mol. The van der Waals surface area contributed by atoms with Gasteiger partial charge in [-0.2, -0.15) is 0 Å². The van der Waals surface area contributed by atoms with E-state index in [1.54, 1.807) is 0 Å². The van der Waals surface area contributed by atoms with Crippen molar-refractivity contribution in [1.29, 1.82) is 0 Å². The standard InChI is InChI=1S/C11H12N2O3/c1-11(2,3)10-13-7-5-12-4-6(9(14)15)8(7)16-10/h4-5H,1-3H3,(H,14,15). The molecule has 2 aromatic rings. The molecule has 84 valence electrons. The van der Waals surface area contributed by atoms with Gasteiger partial charge in [0.15, 0.2) is 5.58 Å². The SMILES string of the molecule is CC(C)(C)c1nc2cncc(C(=O)O)c2o1. The van der Waals surface area contributed by atoms with E-state index in [2.05, 4.69) is 9.97 Å². The van der Waals surface area contributed by atoms with Crippen molar-refractivity contribution in [2.24, 2.45) is 0 Å². The van der Waals surface area contributed by atoms with Gasteiger partial charge >= 0.3 is 5.97 Å². The van der Waals surface area contributed by atoms with Crippen molar-refractivity contribution >= 4 is 17.1 Å². The number of carbonyl (C=O) groups is 1. The van der Waals surface area contributed by atoms with Crippen molar-refractivity contribution in [3.05, 3.63) is 23.8 Å². The Hall–Kier alpha value is -1.91. The Morgan fingerprint density at radius 3 is 2.62 bits per heavy atom. The fourth-order valence-electron chi connectivity index (χ4n) is 1.33. The van der Waals surface area contributed by atoms with Crippen molar-refractivity contribution in [2.75, 3.05) is 0 Å². The molecule has 0 radical (unpaired) electrons. The van der Waals surface area contributed by atoms with Crippen LogP contribution in [0.3, 0.4) is 0 Å². The molecule has 1 N–H and O–H groups in total. The molecule has 0 unspecified atom stereocenters. The van der Waals surface area contributed by atoms with Crippen molar-refractivity contribution in [3.8, 4) is 0 Å². The highest BCUT2D eigenvalue weighted by Crippen LogP contribution is 2.26.